The molecule has 0 unspecified atom stereocenters. The Morgan fingerprint density at radius 3 is 2.10 bits per heavy atom. The number of benzene rings is 2. The Morgan fingerprint density at radius 2 is 1.55 bits per heavy atom. The van der Waals surface area contributed by atoms with Crippen LogP contribution in [-0.4, -0.2) is 38.5 Å². The minimum Gasteiger partial charge on any atom is -0.473 e. The highest BCUT2D eigenvalue weighted by atomic mass is 35.5. The van der Waals surface area contributed by atoms with Crippen molar-refractivity contribution >= 4 is 23.5 Å². The molecule has 0 aliphatic heterocycles. The predicted molar refractivity (Wildman–Crippen MR) is 110 cm³/mol. The van der Waals surface area contributed by atoms with Crippen molar-refractivity contribution in [1.82, 2.24) is 15.1 Å². The zero-order valence-electron chi connectivity index (χ0n) is 15.9. The van der Waals surface area contributed by atoms with Crippen LogP contribution in [0.2, 0.25) is 5.15 Å². The maximum absolute atomic E-state index is 9.10. The third kappa shape index (κ3) is 6.74. The fraction of sp³-hybridized carbons (Fsp3) is 0.190. The minimum atomic E-state index is -1.82. The van der Waals surface area contributed by atoms with Crippen LogP contribution in [0.4, 0.5) is 0 Å². The third-order valence-electron chi connectivity index (χ3n) is 4.04. The average Bonchev–Trinajstić information content (AvgIpc) is 3.01. The molecule has 2 aromatic carbocycles. The number of aryl methyl sites for hydroxylation is 1. The van der Waals surface area contributed by atoms with Gasteiger partial charge in [-0.3, -0.25) is 0 Å². The number of nitrogens with one attached hydrogen (secondary N) is 1. The molecule has 3 aromatic rings. The smallest absolute Gasteiger partial charge is 0.414 e. The van der Waals surface area contributed by atoms with Gasteiger partial charge in [-0.2, -0.15) is 5.10 Å². The number of aromatic nitrogens is 2. The van der Waals surface area contributed by atoms with E-state index in [1.807, 2.05) is 43.3 Å². The van der Waals surface area contributed by atoms with Gasteiger partial charge in [0.2, 0.25) is 0 Å². The number of halogens is 1. The van der Waals surface area contributed by atoms with Crippen LogP contribution in [0.3, 0.4) is 0 Å². The summed E-state index contributed by atoms with van der Waals surface area (Å²) in [5, 5.41) is 23.5. The molecule has 0 bridgehead atoms. The highest BCUT2D eigenvalue weighted by molar-refractivity contribution is 6.30. The van der Waals surface area contributed by atoms with E-state index >= 15 is 0 Å². The molecule has 0 radical (unpaired) electrons. The molecular weight excluding hydrogens is 394 g/mol. The van der Waals surface area contributed by atoms with Crippen LogP contribution in [0.25, 0.3) is 5.69 Å². The van der Waals surface area contributed by atoms with Crippen LogP contribution >= 0.6 is 11.6 Å². The number of carboxylic acids is 2. The lowest BCUT2D eigenvalue weighted by molar-refractivity contribution is -0.159. The highest BCUT2D eigenvalue weighted by Gasteiger charge is 2.13. The van der Waals surface area contributed by atoms with Crippen molar-refractivity contribution in [2.24, 2.45) is 0 Å². The first-order chi connectivity index (χ1) is 13.9. The van der Waals surface area contributed by atoms with Gasteiger partial charge in [-0.25, -0.2) is 14.3 Å². The summed E-state index contributed by atoms with van der Waals surface area (Å²) >= 11 is 6.52. The molecule has 7 nitrogen and oxygen atoms in total. The molecule has 3 N–H and O–H groups in total. The number of nitrogens with zero attached hydrogens (tertiary/aromatic N) is 2. The quantitative estimate of drug-likeness (QED) is 0.421. The molecule has 0 spiro atoms. The Kier molecular flexibility index (Phi) is 8.39. The molecule has 8 heteroatoms. The van der Waals surface area contributed by atoms with Crippen LogP contribution < -0.4 is 5.32 Å². The maximum atomic E-state index is 9.10. The Morgan fingerprint density at radius 1 is 1.00 bits per heavy atom. The molecule has 0 saturated carbocycles. The second kappa shape index (κ2) is 11.0. The molecule has 152 valence electrons. The van der Waals surface area contributed by atoms with Crippen molar-refractivity contribution in [2.75, 3.05) is 6.54 Å². The molecule has 3 rings (SSSR count). The molecule has 0 atom stereocenters. The highest BCUT2D eigenvalue weighted by Crippen LogP contribution is 2.23. The lowest BCUT2D eigenvalue weighted by atomic mass is 10.1. The number of aliphatic carboxylic acids is 2. The lowest BCUT2D eigenvalue weighted by Gasteiger charge is -2.06. The summed E-state index contributed by atoms with van der Waals surface area (Å²) in [4.78, 5) is 18.2. The fourth-order valence-electron chi connectivity index (χ4n) is 2.56. The van der Waals surface area contributed by atoms with Gasteiger partial charge in [-0.05, 0) is 37.6 Å². The molecule has 1 aromatic heterocycles. The summed E-state index contributed by atoms with van der Waals surface area (Å²) in [6.45, 7) is 3.64. The van der Waals surface area contributed by atoms with E-state index in [1.54, 1.807) is 4.68 Å². The van der Waals surface area contributed by atoms with Gasteiger partial charge in [0.15, 0.2) is 0 Å². The molecule has 0 aliphatic carbocycles. The summed E-state index contributed by atoms with van der Waals surface area (Å²) in [6, 6.07) is 20.4. The van der Waals surface area contributed by atoms with E-state index < -0.39 is 11.9 Å². The van der Waals surface area contributed by atoms with Crippen LogP contribution in [0.5, 0.6) is 0 Å². The van der Waals surface area contributed by atoms with E-state index in [0.29, 0.717) is 5.15 Å². The predicted octanol–water partition coefficient (Wildman–Crippen LogP) is 3.32. The Hall–Kier alpha value is -3.16. The molecule has 1 heterocycles. The first-order valence-corrected chi connectivity index (χ1v) is 9.28. The summed E-state index contributed by atoms with van der Waals surface area (Å²) in [6.07, 6.45) is 1.00. The number of para-hydroxylation sites is 1. The molecule has 0 aliphatic rings. The molecular formula is C21H22ClN3O4. The van der Waals surface area contributed by atoms with Crippen molar-refractivity contribution in [3.05, 3.63) is 82.6 Å². The van der Waals surface area contributed by atoms with Crippen molar-refractivity contribution < 1.29 is 19.8 Å². The third-order valence-corrected chi connectivity index (χ3v) is 4.43. The number of hydrogen-bond donors (Lipinski definition) is 3. The van der Waals surface area contributed by atoms with Crippen molar-refractivity contribution in [2.45, 2.75) is 19.9 Å². The summed E-state index contributed by atoms with van der Waals surface area (Å²) < 4.78 is 1.80. The van der Waals surface area contributed by atoms with E-state index in [9.17, 15) is 0 Å². The SMILES string of the molecule is Cc1nn(-c2ccccc2)c(Cl)c1CNCCc1ccccc1.O=C(O)C(=O)O. The molecule has 0 amide bonds. The van der Waals surface area contributed by atoms with Gasteiger partial charge < -0.3 is 15.5 Å². The normalized spacial score (nSPS) is 10.1. The van der Waals surface area contributed by atoms with Gasteiger partial charge in [-0.1, -0.05) is 60.1 Å². The van der Waals surface area contributed by atoms with E-state index in [4.69, 9.17) is 31.4 Å². The Balaban J connectivity index is 0.000000438. The van der Waals surface area contributed by atoms with E-state index in [1.165, 1.54) is 5.56 Å². The Labute approximate surface area is 173 Å². The summed E-state index contributed by atoms with van der Waals surface area (Å²) in [5.41, 5.74) is 4.34. The van der Waals surface area contributed by atoms with Gasteiger partial charge >= 0.3 is 11.9 Å². The maximum Gasteiger partial charge on any atom is 0.414 e. The topological polar surface area (TPSA) is 104 Å². The van der Waals surface area contributed by atoms with Gasteiger partial charge in [-0.15, -0.1) is 0 Å². The lowest BCUT2D eigenvalue weighted by Crippen LogP contribution is -2.17. The molecule has 0 saturated heterocycles. The first-order valence-electron chi connectivity index (χ1n) is 8.90. The Bertz CT molecular complexity index is 931. The van der Waals surface area contributed by atoms with Gasteiger partial charge in [0.25, 0.3) is 0 Å². The number of carboxylic acid groups (broad SMARTS) is 2. The molecule has 0 fully saturated rings. The number of carbonyl (C=O) groups is 2. The second-order valence-electron chi connectivity index (χ2n) is 6.12. The van der Waals surface area contributed by atoms with E-state index in [2.05, 4.69) is 34.7 Å². The zero-order chi connectivity index (χ0) is 21.2. The van der Waals surface area contributed by atoms with Crippen molar-refractivity contribution in [1.29, 1.82) is 0 Å². The van der Waals surface area contributed by atoms with E-state index in [0.717, 1.165) is 36.5 Å². The summed E-state index contributed by atoms with van der Waals surface area (Å²) in [5.74, 6) is -3.65. The summed E-state index contributed by atoms with van der Waals surface area (Å²) in [7, 11) is 0. The monoisotopic (exact) mass is 415 g/mol. The fourth-order valence-corrected chi connectivity index (χ4v) is 2.90. The van der Waals surface area contributed by atoms with E-state index in [-0.39, 0.29) is 0 Å². The average molecular weight is 416 g/mol. The number of rotatable bonds is 6. The largest absolute Gasteiger partial charge is 0.473 e. The van der Waals surface area contributed by atoms with Crippen LogP contribution in [0.1, 0.15) is 16.8 Å². The van der Waals surface area contributed by atoms with Crippen LogP contribution in [-0.2, 0) is 22.6 Å². The van der Waals surface area contributed by atoms with Gasteiger partial charge in [0.05, 0.1) is 11.4 Å². The van der Waals surface area contributed by atoms with Crippen molar-refractivity contribution in [3.8, 4) is 5.69 Å². The molecule has 29 heavy (non-hydrogen) atoms. The minimum absolute atomic E-state index is 0.681. The standard InChI is InChI=1S/C19H20ClN3.C2H2O4/c1-15-18(14-21-13-12-16-8-4-2-5-9-16)19(20)23(22-15)17-10-6-3-7-11-17;3-1(4)2(5)6/h2-11,21H,12-14H2,1H3;(H,3,4)(H,5,6). The van der Waals surface area contributed by atoms with Crippen molar-refractivity contribution in [3.63, 3.8) is 0 Å². The van der Waals surface area contributed by atoms with Crippen LogP contribution in [0, 0.1) is 6.92 Å². The second-order valence-corrected chi connectivity index (χ2v) is 6.48. The van der Waals surface area contributed by atoms with Crippen LogP contribution in [0.15, 0.2) is 60.7 Å². The first kappa shape index (κ1) is 22.1. The van der Waals surface area contributed by atoms with Gasteiger partial charge in [0.1, 0.15) is 5.15 Å². The zero-order valence-corrected chi connectivity index (χ0v) is 16.6. The number of hydrogen-bond acceptors (Lipinski definition) is 4. The van der Waals surface area contributed by atoms with Gasteiger partial charge in [0, 0.05) is 12.1 Å².